The highest BCUT2D eigenvalue weighted by Crippen LogP contribution is 2.00. The van der Waals surface area contributed by atoms with E-state index >= 15 is 0 Å². The number of pyridine rings is 1. The van der Waals surface area contributed by atoms with Crippen molar-refractivity contribution in [3.8, 4) is 0 Å². The molecule has 0 bridgehead atoms. The first-order valence-corrected chi connectivity index (χ1v) is 4.44. The van der Waals surface area contributed by atoms with Crippen molar-refractivity contribution in [2.24, 2.45) is 0 Å². The van der Waals surface area contributed by atoms with Crippen LogP contribution in [0.4, 0.5) is 5.69 Å². The number of hydrogen-bond donors (Lipinski definition) is 1. The molecule has 0 saturated heterocycles. The number of rotatable bonds is 3. The number of amides is 1. The molecule has 1 rings (SSSR count). The molecule has 1 amide bonds. The van der Waals surface area contributed by atoms with Crippen LogP contribution in [0.5, 0.6) is 0 Å². The number of carbonyl (C=O) groups excluding carboxylic acids is 1. The van der Waals surface area contributed by atoms with Crippen LogP contribution in [0.3, 0.4) is 0 Å². The topological polar surface area (TPSA) is 45.2 Å². The summed E-state index contributed by atoms with van der Waals surface area (Å²) in [5.41, 5.74) is 1.78. The van der Waals surface area contributed by atoms with Crippen molar-refractivity contribution < 1.29 is 4.79 Å². The Bertz CT molecular complexity index is 328. The summed E-state index contributed by atoms with van der Waals surface area (Å²) in [5, 5.41) is 2.77. The van der Waals surface area contributed by atoms with Crippen LogP contribution in [0.2, 0.25) is 0 Å². The normalized spacial score (nSPS) is 10.2. The second kappa shape index (κ2) is 4.76. The summed E-state index contributed by atoms with van der Waals surface area (Å²) in [7, 11) is 5.65. The van der Waals surface area contributed by atoms with Crippen molar-refractivity contribution in [3.63, 3.8) is 0 Å². The Hall–Kier alpha value is -1.36. The number of aromatic nitrogens is 1. The van der Waals surface area contributed by atoms with Crippen molar-refractivity contribution in [1.29, 1.82) is 0 Å². The number of likely N-dealkylation sites (N-methyl/N-ethyl adjacent to an activating group) is 1. The fourth-order valence-electron chi connectivity index (χ4n) is 1.11. The molecule has 14 heavy (non-hydrogen) atoms. The Morgan fingerprint density at radius 1 is 1.57 bits per heavy atom. The molecule has 0 unspecified atom stereocenters. The Morgan fingerprint density at radius 3 is 2.86 bits per heavy atom. The minimum Gasteiger partial charge on any atom is -0.324 e. The van der Waals surface area contributed by atoms with Crippen molar-refractivity contribution in [2.45, 2.75) is 0 Å². The van der Waals surface area contributed by atoms with Gasteiger partial charge in [0.1, 0.15) is 7.85 Å². The van der Waals surface area contributed by atoms with Crippen LogP contribution in [-0.4, -0.2) is 44.3 Å². The third-order valence-electron chi connectivity index (χ3n) is 1.62. The quantitative estimate of drug-likeness (QED) is 0.613. The number of hydrogen-bond acceptors (Lipinski definition) is 3. The molecule has 0 aliphatic rings. The monoisotopic (exact) mass is 191 g/mol. The third-order valence-corrected chi connectivity index (χ3v) is 1.62. The molecule has 1 N–H and O–H groups in total. The molecule has 0 radical (unpaired) electrons. The van der Waals surface area contributed by atoms with E-state index in [1.54, 1.807) is 12.4 Å². The fraction of sp³-hybridized carbons (Fsp3) is 0.333. The van der Waals surface area contributed by atoms with Gasteiger partial charge < -0.3 is 10.2 Å². The molecule has 74 valence electrons. The molecule has 0 fully saturated rings. The molecule has 1 heterocycles. The smallest absolute Gasteiger partial charge is 0.238 e. The lowest BCUT2D eigenvalue weighted by molar-refractivity contribution is -0.116. The first-order chi connectivity index (χ1) is 6.58. The molecule has 0 atom stereocenters. The minimum absolute atomic E-state index is 0.0256. The van der Waals surface area contributed by atoms with Gasteiger partial charge in [-0.2, -0.15) is 0 Å². The van der Waals surface area contributed by atoms with E-state index in [0.717, 1.165) is 11.2 Å². The van der Waals surface area contributed by atoms with Crippen molar-refractivity contribution in [1.82, 2.24) is 9.88 Å². The summed E-state index contributed by atoms with van der Waals surface area (Å²) in [6.07, 6.45) is 3.39. The van der Waals surface area contributed by atoms with Crippen LogP contribution in [0.15, 0.2) is 18.5 Å². The Balaban J connectivity index is 2.56. The molecular formula is C9H14BN3O. The van der Waals surface area contributed by atoms with E-state index in [0.29, 0.717) is 6.54 Å². The third kappa shape index (κ3) is 3.57. The highest BCUT2D eigenvalue weighted by molar-refractivity contribution is 6.32. The van der Waals surface area contributed by atoms with E-state index in [4.69, 9.17) is 0 Å². The number of nitrogens with one attached hydrogen (secondary N) is 1. The lowest BCUT2D eigenvalue weighted by Crippen LogP contribution is -2.27. The van der Waals surface area contributed by atoms with Gasteiger partial charge in [0, 0.05) is 6.20 Å². The van der Waals surface area contributed by atoms with Crippen molar-refractivity contribution in [2.75, 3.05) is 26.0 Å². The number of nitrogens with zero attached hydrogens (tertiary/aromatic N) is 2. The number of carbonyl (C=O) groups is 1. The molecule has 0 aliphatic heterocycles. The average Bonchev–Trinajstić information content (AvgIpc) is 2.01. The highest BCUT2D eigenvalue weighted by atomic mass is 16.2. The Labute approximate surface area is 84.7 Å². The molecule has 1 aromatic rings. The molecular weight excluding hydrogens is 177 g/mol. The minimum atomic E-state index is -0.0256. The van der Waals surface area contributed by atoms with E-state index in [1.165, 1.54) is 0 Å². The van der Waals surface area contributed by atoms with Crippen molar-refractivity contribution in [3.05, 3.63) is 18.5 Å². The van der Waals surface area contributed by atoms with Crippen LogP contribution >= 0.6 is 0 Å². The summed E-state index contributed by atoms with van der Waals surface area (Å²) in [4.78, 5) is 17.2. The van der Waals surface area contributed by atoms with Gasteiger partial charge in [0.25, 0.3) is 0 Å². The summed E-state index contributed by atoms with van der Waals surface area (Å²) in [6, 6.07) is 1.89. The van der Waals surface area contributed by atoms with Crippen molar-refractivity contribution >= 4 is 24.9 Å². The largest absolute Gasteiger partial charge is 0.324 e. The fourth-order valence-corrected chi connectivity index (χ4v) is 1.11. The van der Waals surface area contributed by atoms with E-state index in [1.807, 2.05) is 32.9 Å². The van der Waals surface area contributed by atoms with Crippen LogP contribution < -0.4 is 10.8 Å². The maximum absolute atomic E-state index is 11.4. The highest BCUT2D eigenvalue weighted by Gasteiger charge is 2.03. The van der Waals surface area contributed by atoms with Gasteiger partial charge in [0.05, 0.1) is 18.4 Å². The van der Waals surface area contributed by atoms with Crippen LogP contribution in [0, 0.1) is 0 Å². The first-order valence-electron chi connectivity index (χ1n) is 4.44. The standard InChI is InChI=1S/C9H14BN3O/c1-13(2)6-9(14)12-8-3-7(10)4-11-5-8/h3-5H,6,10H2,1-2H3,(H,12,14). The lowest BCUT2D eigenvalue weighted by atomic mass is 9.99. The zero-order valence-electron chi connectivity index (χ0n) is 8.74. The number of anilines is 1. The lowest BCUT2D eigenvalue weighted by Gasteiger charge is -2.09. The van der Waals surface area contributed by atoms with E-state index in [2.05, 4.69) is 10.3 Å². The first kappa shape index (κ1) is 10.7. The van der Waals surface area contributed by atoms with Crippen LogP contribution in [-0.2, 0) is 4.79 Å². The second-order valence-electron chi connectivity index (χ2n) is 3.54. The van der Waals surface area contributed by atoms with E-state index in [9.17, 15) is 4.79 Å². The molecule has 0 spiro atoms. The van der Waals surface area contributed by atoms with Gasteiger partial charge in [-0.15, -0.1) is 0 Å². The van der Waals surface area contributed by atoms with Gasteiger partial charge in [0.15, 0.2) is 0 Å². The Morgan fingerprint density at radius 2 is 2.29 bits per heavy atom. The van der Waals surface area contributed by atoms with E-state index < -0.39 is 0 Å². The SMILES string of the molecule is Bc1cncc(NC(=O)CN(C)C)c1. The predicted molar refractivity (Wildman–Crippen MR) is 59.6 cm³/mol. The Kier molecular flexibility index (Phi) is 3.65. The average molecular weight is 191 g/mol. The zero-order chi connectivity index (χ0) is 10.6. The maximum Gasteiger partial charge on any atom is 0.238 e. The van der Waals surface area contributed by atoms with Gasteiger partial charge in [-0.25, -0.2) is 0 Å². The van der Waals surface area contributed by atoms with E-state index in [-0.39, 0.29) is 5.91 Å². The molecule has 4 nitrogen and oxygen atoms in total. The molecule has 0 aromatic carbocycles. The van der Waals surface area contributed by atoms with Gasteiger partial charge >= 0.3 is 0 Å². The molecule has 5 heteroatoms. The summed E-state index contributed by atoms with van der Waals surface area (Å²) in [6.45, 7) is 0.383. The second-order valence-corrected chi connectivity index (χ2v) is 3.54. The van der Waals surface area contributed by atoms with Gasteiger partial charge in [-0.1, -0.05) is 5.46 Å². The zero-order valence-corrected chi connectivity index (χ0v) is 8.74. The van der Waals surface area contributed by atoms with Gasteiger partial charge in [-0.05, 0) is 20.2 Å². The summed E-state index contributed by atoms with van der Waals surface area (Å²) >= 11 is 0. The maximum atomic E-state index is 11.4. The molecule has 0 aliphatic carbocycles. The van der Waals surface area contributed by atoms with Crippen LogP contribution in [0.25, 0.3) is 0 Å². The predicted octanol–water partition coefficient (Wildman–Crippen LogP) is -1.16. The van der Waals surface area contributed by atoms with Gasteiger partial charge in [0.2, 0.25) is 5.91 Å². The van der Waals surface area contributed by atoms with Gasteiger partial charge in [-0.3, -0.25) is 9.78 Å². The summed E-state index contributed by atoms with van der Waals surface area (Å²) < 4.78 is 0. The molecule has 1 aromatic heterocycles. The van der Waals surface area contributed by atoms with Crippen LogP contribution in [0.1, 0.15) is 0 Å². The molecule has 0 saturated carbocycles. The summed E-state index contributed by atoms with van der Waals surface area (Å²) in [5.74, 6) is -0.0256.